The standard InChI is InChI=1S/C13H24BrNO2/c1-13(2,3)17-9-12(16)15-8-11-6-4-5-10(11)7-14/h10-11H,4-9H2,1-3H3,(H,15,16). The molecule has 0 radical (unpaired) electrons. The molecule has 1 aliphatic carbocycles. The molecular weight excluding hydrogens is 282 g/mol. The largest absolute Gasteiger partial charge is 0.366 e. The number of hydrogen-bond donors (Lipinski definition) is 1. The summed E-state index contributed by atoms with van der Waals surface area (Å²) in [6.07, 6.45) is 3.80. The lowest BCUT2D eigenvalue weighted by Crippen LogP contribution is -2.36. The van der Waals surface area contributed by atoms with Gasteiger partial charge >= 0.3 is 0 Å². The predicted molar refractivity (Wildman–Crippen MR) is 73.3 cm³/mol. The minimum absolute atomic E-state index is 0.000137. The van der Waals surface area contributed by atoms with Gasteiger partial charge in [-0.2, -0.15) is 0 Å². The molecule has 17 heavy (non-hydrogen) atoms. The molecule has 100 valence electrons. The molecule has 0 saturated heterocycles. The average molecular weight is 306 g/mol. The molecule has 0 aromatic rings. The van der Waals surface area contributed by atoms with Crippen molar-refractivity contribution in [3.05, 3.63) is 0 Å². The van der Waals surface area contributed by atoms with Gasteiger partial charge in [-0.15, -0.1) is 0 Å². The van der Waals surface area contributed by atoms with Gasteiger partial charge in [0.1, 0.15) is 6.61 Å². The van der Waals surface area contributed by atoms with Crippen LogP contribution in [0.2, 0.25) is 0 Å². The number of amides is 1. The fourth-order valence-corrected chi connectivity index (χ4v) is 3.02. The summed E-state index contributed by atoms with van der Waals surface area (Å²) < 4.78 is 5.44. The van der Waals surface area contributed by atoms with E-state index in [2.05, 4.69) is 21.2 Å². The van der Waals surface area contributed by atoms with Crippen molar-refractivity contribution in [2.75, 3.05) is 18.5 Å². The maximum Gasteiger partial charge on any atom is 0.246 e. The van der Waals surface area contributed by atoms with Crippen LogP contribution in [0.25, 0.3) is 0 Å². The first-order valence-electron chi connectivity index (χ1n) is 6.39. The van der Waals surface area contributed by atoms with Crippen LogP contribution in [0, 0.1) is 11.8 Å². The third-order valence-electron chi connectivity index (χ3n) is 3.21. The van der Waals surface area contributed by atoms with Gasteiger partial charge in [-0.1, -0.05) is 22.4 Å². The number of alkyl halides is 1. The zero-order chi connectivity index (χ0) is 12.9. The molecule has 2 atom stereocenters. The molecule has 0 bridgehead atoms. The summed E-state index contributed by atoms with van der Waals surface area (Å²) in [7, 11) is 0. The van der Waals surface area contributed by atoms with Crippen molar-refractivity contribution < 1.29 is 9.53 Å². The van der Waals surface area contributed by atoms with Crippen LogP contribution in [0.1, 0.15) is 40.0 Å². The van der Waals surface area contributed by atoms with E-state index in [0.717, 1.165) is 17.8 Å². The van der Waals surface area contributed by atoms with Gasteiger partial charge in [0.25, 0.3) is 0 Å². The lowest BCUT2D eigenvalue weighted by molar-refractivity contribution is -0.130. The Balaban J connectivity index is 2.19. The molecule has 4 heteroatoms. The lowest BCUT2D eigenvalue weighted by Gasteiger charge is -2.21. The molecule has 0 aliphatic heterocycles. The number of carbonyl (C=O) groups excluding carboxylic acids is 1. The van der Waals surface area contributed by atoms with Gasteiger partial charge in [0.2, 0.25) is 5.91 Å². The molecule has 0 aromatic heterocycles. The average Bonchev–Trinajstić information content (AvgIpc) is 2.69. The van der Waals surface area contributed by atoms with Crippen LogP contribution in [0.5, 0.6) is 0 Å². The summed E-state index contributed by atoms with van der Waals surface area (Å²) in [6.45, 7) is 6.83. The quantitative estimate of drug-likeness (QED) is 0.793. The second kappa shape index (κ2) is 6.74. The first-order valence-corrected chi connectivity index (χ1v) is 7.51. The van der Waals surface area contributed by atoms with E-state index in [1.54, 1.807) is 0 Å². The highest BCUT2D eigenvalue weighted by atomic mass is 79.9. The molecule has 0 aromatic carbocycles. The van der Waals surface area contributed by atoms with Gasteiger partial charge in [0.05, 0.1) is 5.60 Å². The Morgan fingerprint density at radius 3 is 2.59 bits per heavy atom. The molecule has 1 fully saturated rings. The highest BCUT2D eigenvalue weighted by molar-refractivity contribution is 9.09. The Morgan fingerprint density at radius 1 is 1.35 bits per heavy atom. The van der Waals surface area contributed by atoms with E-state index in [1.165, 1.54) is 19.3 Å². The second-order valence-corrected chi connectivity index (χ2v) is 6.46. The molecule has 3 nitrogen and oxygen atoms in total. The summed E-state index contributed by atoms with van der Waals surface area (Å²) in [5.41, 5.74) is -0.247. The Kier molecular flexibility index (Phi) is 5.93. The smallest absolute Gasteiger partial charge is 0.246 e. The minimum atomic E-state index is -0.247. The highest BCUT2D eigenvalue weighted by Gasteiger charge is 2.26. The van der Waals surface area contributed by atoms with Gasteiger partial charge < -0.3 is 10.1 Å². The molecule has 1 rings (SSSR count). The highest BCUT2D eigenvalue weighted by Crippen LogP contribution is 2.32. The van der Waals surface area contributed by atoms with Crippen LogP contribution >= 0.6 is 15.9 Å². The maximum absolute atomic E-state index is 11.6. The summed E-state index contributed by atoms with van der Waals surface area (Å²) in [5.74, 6) is 1.35. The van der Waals surface area contributed by atoms with Crippen molar-refractivity contribution in [3.63, 3.8) is 0 Å². The molecular formula is C13H24BrNO2. The Bertz CT molecular complexity index is 250. The van der Waals surface area contributed by atoms with Crippen LogP contribution in [-0.4, -0.2) is 30.0 Å². The van der Waals surface area contributed by atoms with Crippen molar-refractivity contribution in [2.45, 2.75) is 45.6 Å². The number of ether oxygens (including phenoxy) is 1. The zero-order valence-electron chi connectivity index (χ0n) is 11.1. The van der Waals surface area contributed by atoms with Crippen LogP contribution in [0.15, 0.2) is 0 Å². The van der Waals surface area contributed by atoms with Crippen LogP contribution in [-0.2, 0) is 9.53 Å². The van der Waals surface area contributed by atoms with Crippen LogP contribution in [0.4, 0.5) is 0 Å². The van der Waals surface area contributed by atoms with Crippen LogP contribution < -0.4 is 5.32 Å². The fraction of sp³-hybridized carbons (Fsp3) is 0.923. The van der Waals surface area contributed by atoms with E-state index in [-0.39, 0.29) is 18.1 Å². The van der Waals surface area contributed by atoms with Crippen molar-refractivity contribution in [1.82, 2.24) is 5.32 Å². The minimum Gasteiger partial charge on any atom is -0.366 e. The maximum atomic E-state index is 11.6. The zero-order valence-corrected chi connectivity index (χ0v) is 12.7. The Hall–Kier alpha value is -0.0900. The molecule has 1 aliphatic rings. The summed E-state index contributed by atoms with van der Waals surface area (Å²) >= 11 is 3.54. The normalized spacial score (nSPS) is 24.9. The third kappa shape index (κ3) is 5.87. The van der Waals surface area contributed by atoms with Crippen LogP contribution in [0.3, 0.4) is 0 Å². The first-order chi connectivity index (χ1) is 7.92. The van der Waals surface area contributed by atoms with E-state index in [9.17, 15) is 4.79 Å². The Labute approximate surface area is 113 Å². The molecule has 0 heterocycles. The second-order valence-electron chi connectivity index (χ2n) is 5.81. The first kappa shape index (κ1) is 15.0. The van der Waals surface area contributed by atoms with Gasteiger partial charge in [0.15, 0.2) is 0 Å². The molecule has 1 N–H and O–H groups in total. The van der Waals surface area contributed by atoms with E-state index in [0.29, 0.717) is 5.92 Å². The van der Waals surface area contributed by atoms with E-state index in [4.69, 9.17) is 4.74 Å². The van der Waals surface area contributed by atoms with E-state index in [1.807, 2.05) is 20.8 Å². The molecule has 0 spiro atoms. The number of nitrogens with one attached hydrogen (secondary N) is 1. The third-order valence-corrected chi connectivity index (χ3v) is 4.04. The Morgan fingerprint density at radius 2 is 2.00 bits per heavy atom. The van der Waals surface area contributed by atoms with Gasteiger partial charge in [0, 0.05) is 11.9 Å². The number of halogens is 1. The molecule has 1 saturated carbocycles. The monoisotopic (exact) mass is 305 g/mol. The van der Waals surface area contributed by atoms with Gasteiger partial charge in [-0.25, -0.2) is 0 Å². The number of hydrogen-bond acceptors (Lipinski definition) is 2. The lowest BCUT2D eigenvalue weighted by atomic mass is 9.98. The van der Waals surface area contributed by atoms with Crippen molar-refractivity contribution >= 4 is 21.8 Å². The predicted octanol–water partition coefficient (Wildman–Crippen LogP) is 2.73. The number of carbonyl (C=O) groups is 1. The van der Waals surface area contributed by atoms with Crippen molar-refractivity contribution in [1.29, 1.82) is 0 Å². The SMILES string of the molecule is CC(C)(C)OCC(=O)NCC1CCCC1CBr. The summed E-state index contributed by atoms with van der Waals surface area (Å²) in [4.78, 5) is 11.6. The molecule has 2 unspecified atom stereocenters. The summed E-state index contributed by atoms with van der Waals surface area (Å²) in [6, 6.07) is 0. The van der Waals surface area contributed by atoms with Crippen molar-refractivity contribution in [3.8, 4) is 0 Å². The van der Waals surface area contributed by atoms with E-state index >= 15 is 0 Å². The topological polar surface area (TPSA) is 38.3 Å². The fourth-order valence-electron chi connectivity index (χ4n) is 2.16. The number of rotatable bonds is 5. The van der Waals surface area contributed by atoms with Gasteiger partial charge in [-0.3, -0.25) is 4.79 Å². The molecule has 1 amide bonds. The van der Waals surface area contributed by atoms with Gasteiger partial charge in [-0.05, 0) is 45.4 Å². The van der Waals surface area contributed by atoms with E-state index < -0.39 is 0 Å². The summed E-state index contributed by atoms with van der Waals surface area (Å²) in [5, 5.41) is 4.02. The van der Waals surface area contributed by atoms with Crippen molar-refractivity contribution in [2.24, 2.45) is 11.8 Å².